The second kappa shape index (κ2) is 5.97. The zero-order chi connectivity index (χ0) is 12.8. The summed E-state index contributed by atoms with van der Waals surface area (Å²) < 4.78 is 4.74. The molecule has 1 aromatic carbocycles. The Balaban J connectivity index is 1.85. The molecule has 1 heterocycles. The van der Waals surface area contributed by atoms with Crippen molar-refractivity contribution >= 4 is 5.91 Å². The smallest absolute Gasteiger partial charge is 0.251 e. The standard InChI is InChI=1S/C13H15N3O2/c1-14-13(17)11-4-2-10(3-5-11)8-15-9-12-6-7-18-16-12/h2-7,15H,8-9H2,1H3,(H,14,17). The van der Waals surface area contributed by atoms with E-state index in [1.165, 1.54) is 0 Å². The van der Waals surface area contributed by atoms with Gasteiger partial charge in [-0.05, 0) is 17.7 Å². The Bertz CT molecular complexity index is 491. The second-order valence-corrected chi connectivity index (χ2v) is 3.87. The van der Waals surface area contributed by atoms with E-state index in [1.54, 1.807) is 13.3 Å². The van der Waals surface area contributed by atoms with E-state index < -0.39 is 0 Å². The zero-order valence-electron chi connectivity index (χ0n) is 10.1. The van der Waals surface area contributed by atoms with Crippen molar-refractivity contribution in [2.24, 2.45) is 0 Å². The number of hydrogen-bond acceptors (Lipinski definition) is 4. The van der Waals surface area contributed by atoms with Gasteiger partial charge in [-0.15, -0.1) is 0 Å². The number of aromatic nitrogens is 1. The average molecular weight is 245 g/mol. The predicted octanol–water partition coefficient (Wildman–Crippen LogP) is 1.32. The topological polar surface area (TPSA) is 67.2 Å². The van der Waals surface area contributed by atoms with E-state index in [1.807, 2.05) is 30.3 Å². The highest BCUT2D eigenvalue weighted by molar-refractivity contribution is 5.93. The number of rotatable bonds is 5. The largest absolute Gasteiger partial charge is 0.364 e. The molecule has 0 fully saturated rings. The van der Waals surface area contributed by atoms with Crippen molar-refractivity contribution in [3.63, 3.8) is 0 Å². The molecule has 18 heavy (non-hydrogen) atoms. The van der Waals surface area contributed by atoms with E-state index in [0.717, 1.165) is 17.8 Å². The number of amides is 1. The monoisotopic (exact) mass is 245 g/mol. The van der Waals surface area contributed by atoms with Gasteiger partial charge in [0.25, 0.3) is 5.91 Å². The van der Waals surface area contributed by atoms with Crippen LogP contribution in [0.3, 0.4) is 0 Å². The number of carbonyl (C=O) groups is 1. The maximum atomic E-state index is 11.3. The van der Waals surface area contributed by atoms with Gasteiger partial charge >= 0.3 is 0 Å². The Morgan fingerprint density at radius 2 is 2.00 bits per heavy atom. The van der Waals surface area contributed by atoms with E-state index in [-0.39, 0.29) is 5.91 Å². The van der Waals surface area contributed by atoms with Crippen LogP contribution < -0.4 is 10.6 Å². The maximum absolute atomic E-state index is 11.3. The second-order valence-electron chi connectivity index (χ2n) is 3.87. The molecule has 5 heteroatoms. The Kier molecular flexibility index (Phi) is 4.09. The summed E-state index contributed by atoms with van der Waals surface area (Å²) in [6, 6.07) is 9.31. The molecule has 0 radical (unpaired) electrons. The third kappa shape index (κ3) is 3.18. The van der Waals surface area contributed by atoms with Crippen molar-refractivity contribution in [1.29, 1.82) is 0 Å². The summed E-state index contributed by atoms with van der Waals surface area (Å²) in [5.74, 6) is -0.0721. The zero-order valence-corrected chi connectivity index (χ0v) is 10.1. The van der Waals surface area contributed by atoms with Crippen LogP contribution in [-0.2, 0) is 13.1 Å². The van der Waals surface area contributed by atoms with Crippen LogP contribution in [0, 0.1) is 0 Å². The van der Waals surface area contributed by atoms with Gasteiger partial charge in [-0.3, -0.25) is 4.79 Å². The fraction of sp³-hybridized carbons (Fsp3) is 0.231. The summed E-state index contributed by atoms with van der Waals surface area (Å²) in [4.78, 5) is 11.3. The van der Waals surface area contributed by atoms with Crippen molar-refractivity contribution in [3.05, 3.63) is 53.4 Å². The first-order valence-electron chi connectivity index (χ1n) is 5.70. The van der Waals surface area contributed by atoms with Crippen LogP contribution in [-0.4, -0.2) is 18.1 Å². The molecule has 1 aromatic heterocycles. The lowest BCUT2D eigenvalue weighted by atomic mass is 10.1. The van der Waals surface area contributed by atoms with Gasteiger partial charge < -0.3 is 15.2 Å². The maximum Gasteiger partial charge on any atom is 0.251 e. The summed E-state index contributed by atoms with van der Waals surface area (Å²) in [5, 5.41) is 9.64. The first-order valence-corrected chi connectivity index (χ1v) is 5.70. The molecular weight excluding hydrogens is 230 g/mol. The van der Waals surface area contributed by atoms with E-state index in [9.17, 15) is 4.79 Å². The Hall–Kier alpha value is -2.14. The summed E-state index contributed by atoms with van der Waals surface area (Å²) in [5.41, 5.74) is 2.65. The third-order valence-electron chi connectivity index (χ3n) is 2.57. The molecule has 0 aliphatic carbocycles. The normalized spacial score (nSPS) is 10.3. The predicted molar refractivity (Wildman–Crippen MR) is 66.9 cm³/mol. The molecule has 5 nitrogen and oxygen atoms in total. The Morgan fingerprint density at radius 1 is 1.22 bits per heavy atom. The van der Waals surface area contributed by atoms with Gasteiger partial charge in [0.1, 0.15) is 6.26 Å². The van der Waals surface area contributed by atoms with Gasteiger partial charge in [-0.1, -0.05) is 17.3 Å². The minimum absolute atomic E-state index is 0.0721. The van der Waals surface area contributed by atoms with E-state index in [0.29, 0.717) is 12.1 Å². The molecule has 94 valence electrons. The molecule has 0 unspecified atom stereocenters. The summed E-state index contributed by atoms with van der Waals surface area (Å²) in [6.07, 6.45) is 1.55. The van der Waals surface area contributed by atoms with Crippen molar-refractivity contribution in [2.75, 3.05) is 7.05 Å². The summed E-state index contributed by atoms with van der Waals surface area (Å²) >= 11 is 0. The number of hydrogen-bond donors (Lipinski definition) is 2. The van der Waals surface area contributed by atoms with E-state index in [2.05, 4.69) is 15.8 Å². The Labute approximate surface area is 105 Å². The number of benzene rings is 1. The average Bonchev–Trinajstić information content (AvgIpc) is 2.92. The lowest BCUT2D eigenvalue weighted by molar-refractivity contribution is 0.0963. The van der Waals surface area contributed by atoms with Gasteiger partial charge in [0.05, 0.1) is 5.69 Å². The van der Waals surface area contributed by atoms with Crippen molar-refractivity contribution in [1.82, 2.24) is 15.8 Å². The minimum Gasteiger partial charge on any atom is -0.364 e. The quantitative estimate of drug-likeness (QED) is 0.833. The van der Waals surface area contributed by atoms with Gasteiger partial charge in [0.2, 0.25) is 0 Å². The van der Waals surface area contributed by atoms with Crippen LogP contribution >= 0.6 is 0 Å². The molecule has 1 amide bonds. The highest BCUT2D eigenvalue weighted by Gasteiger charge is 2.02. The van der Waals surface area contributed by atoms with Crippen molar-refractivity contribution in [2.45, 2.75) is 13.1 Å². The fourth-order valence-corrected chi connectivity index (χ4v) is 1.58. The molecular formula is C13H15N3O2. The molecule has 0 aliphatic rings. The van der Waals surface area contributed by atoms with Crippen LogP contribution in [0.15, 0.2) is 41.1 Å². The van der Waals surface area contributed by atoms with Crippen molar-refractivity contribution < 1.29 is 9.32 Å². The Morgan fingerprint density at radius 3 is 2.61 bits per heavy atom. The lowest BCUT2D eigenvalue weighted by Gasteiger charge is -2.04. The molecule has 0 saturated heterocycles. The van der Waals surface area contributed by atoms with E-state index in [4.69, 9.17) is 4.52 Å². The van der Waals surface area contributed by atoms with Crippen LogP contribution in [0.5, 0.6) is 0 Å². The number of nitrogens with one attached hydrogen (secondary N) is 2. The van der Waals surface area contributed by atoms with Gasteiger partial charge in [0.15, 0.2) is 0 Å². The SMILES string of the molecule is CNC(=O)c1ccc(CNCc2ccon2)cc1. The van der Waals surface area contributed by atoms with Crippen LogP contribution in [0.25, 0.3) is 0 Å². The van der Waals surface area contributed by atoms with Crippen LogP contribution in [0.2, 0.25) is 0 Å². The number of nitrogens with zero attached hydrogens (tertiary/aromatic N) is 1. The minimum atomic E-state index is -0.0721. The molecule has 0 spiro atoms. The van der Waals surface area contributed by atoms with Crippen molar-refractivity contribution in [3.8, 4) is 0 Å². The van der Waals surface area contributed by atoms with Crippen LogP contribution in [0.4, 0.5) is 0 Å². The number of carbonyl (C=O) groups excluding carboxylic acids is 1. The molecule has 0 aliphatic heterocycles. The molecule has 2 aromatic rings. The van der Waals surface area contributed by atoms with Gasteiger partial charge in [-0.2, -0.15) is 0 Å². The molecule has 0 atom stereocenters. The first-order chi connectivity index (χ1) is 8.79. The molecule has 2 rings (SSSR count). The van der Waals surface area contributed by atoms with Crippen LogP contribution in [0.1, 0.15) is 21.6 Å². The highest BCUT2D eigenvalue weighted by Crippen LogP contribution is 2.04. The molecule has 0 bridgehead atoms. The lowest BCUT2D eigenvalue weighted by Crippen LogP contribution is -2.18. The summed E-state index contributed by atoms with van der Waals surface area (Å²) in [6.45, 7) is 1.38. The molecule has 0 saturated carbocycles. The molecule has 2 N–H and O–H groups in total. The highest BCUT2D eigenvalue weighted by atomic mass is 16.5. The summed E-state index contributed by atoms with van der Waals surface area (Å²) in [7, 11) is 1.62. The van der Waals surface area contributed by atoms with Gasteiger partial charge in [0, 0.05) is 31.8 Å². The third-order valence-corrected chi connectivity index (χ3v) is 2.57. The first kappa shape index (κ1) is 12.3. The van der Waals surface area contributed by atoms with E-state index >= 15 is 0 Å². The fourth-order valence-electron chi connectivity index (χ4n) is 1.58. The van der Waals surface area contributed by atoms with Gasteiger partial charge in [-0.25, -0.2) is 0 Å².